The number of hydrogen-bond donors (Lipinski definition) is 1. The first kappa shape index (κ1) is 16.8. The van der Waals surface area contributed by atoms with E-state index in [1.54, 1.807) is 25.1 Å². The van der Waals surface area contributed by atoms with E-state index in [2.05, 4.69) is 26.4 Å². The van der Waals surface area contributed by atoms with Crippen LogP contribution in [0, 0.1) is 6.92 Å². The summed E-state index contributed by atoms with van der Waals surface area (Å²) in [5.41, 5.74) is 3.62. The van der Waals surface area contributed by atoms with Gasteiger partial charge in [-0.15, -0.1) is 0 Å². The molecule has 0 fully saturated rings. The number of anilines is 2. The molecule has 0 aliphatic carbocycles. The van der Waals surface area contributed by atoms with Gasteiger partial charge < -0.3 is 14.8 Å². The van der Waals surface area contributed by atoms with Crippen LogP contribution in [0.1, 0.15) is 5.56 Å². The fraction of sp³-hybridized carbons (Fsp3) is 0.150. The van der Waals surface area contributed by atoms with Gasteiger partial charge in [-0.25, -0.2) is 14.6 Å². The Morgan fingerprint density at radius 1 is 1.00 bits per heavy atom. The van der Waals surface area contributed by atoms with Gasteiger partial charge in [0.15, 0.2) is 5.65 Å². The molecule has 7 heteroatoms. The molecule has 4 rings (SSSR count). The number of nitrogens with one attached hydrogen (secondary N) is 1. The van der Waals surface area contributed by atoms with Gasteiger partial charge in [0.2, 0.25) is 0 Å². The zero-order chi connectivity index (χ0) is 18.8. The van der Waals surface area contributed by atoms with Gasteiger partial charge in [0.05, 0.1) is 37.2 Å². The summed E-state index contributed by atoms with van der Waals surface area (Å²) < 4.78 is 12.5. The summed E-state index contributed by atoms with van der Waals surface area (Å²) in [4.78, 5) is 8.80. The highest BCUT2D eigenvalue weighted by Gasteiger charge is 2.13. The highest BCUT2D eigenvalue weighted by Crippen LogP contribution is 2.33. The Bertz CT molecular complexity index is 1110. The van der Waals surface area contributed by atoms with Crippen molar-refractivity contribution in [1.82, 2.24) is 19.7 Å². The Hall–Kier alpha value is -3.61. The second kappa shape index (κ2) is 6.95. The fourth-order valence-electron chi connectivity index (χ4n) is 2.92. The summed E-state index contributed by atoms with van der Waals surface area (Å²) in [6.45, 7) is 2.05. The van der Waals surface area contributed by atoms with Crippen LogP contribution in [0.5, 0.6) is 11.5 Å². The molecule has 136 valence electrons. The van der Waals surface area contributed by atoms with Crippen LogP contribution < -0.4 is 14.8 Å². The number of hydrogen-bond acceptors (Lipinski definition) is 6. The van der Waals surface area contributed by atoms with Crippen LogP contribution in [0.2, 0.25) is 0 Å². The Balaban J connectivity index is 1.76. The summed E-state index contributed by atoms with van der Waals surface area (Å²) in [6.07, 6.45) is 3.28. The molecular weight excluding hydrogens is 342 g/mol. The highest BCUT2D eigenvalue weighted by molar-refractivity contribution is 5.89. The van der Waals surface area contributed by atoms with Gasteiger partial charge in [-0.05, 0) is 36.8 Å². The SMILES string of the molecule is COc1ccc(Nc2ncnc3c2cnn3-c2cccc(C)c2)c(OC)c1. The summed E-state index contributed by atoms with van der Waals surface area (Å²) in [5, 5.41) is 8.63. The minimum Gasteiger partial charge on any atom is -0.497 e. The molecule has 0 spiro atoms. The molecule has 0 saturated carbocycles. The normalized spacial score (nSPS) is 10.8. The summed E-state index contributed by atoms with van der Waals surface area (Å²) in [5.74, 6) is 2.03. The van der Waals surface area contributed by atoms with Crippen molar-refractivity contribution in [3.63, 3.8) is 0 Å². The zero-order valence-electron chi connectivity index (χ0n) is 15.3. The van der Waals surface area contributed by atoms with E-state index in [4.69, 9.17) is 9.47 Å². The lowest BCUT2D eigenvalue weighted by Gasteiger charge is -2.12. The van der Waals surface area contributed by atoms with Crippen molar-refractivity contribution in [3.05, 3.63) is 60.6 Å². The number of aryl methyl sites for hydroxylation is 1. The van der Waals surface area contributed by atoms with E-state index >= 15 is 0 Å². The van der Waals surface area contributed by atoms with Gasteiger partial charge in [0, 0.05) is 6.07 Å². The Labute approximate surface area is 156 Å². The van der Waals surface area contributed by atoms with Crippen LogP contribution in [-0.4, -0.2) is 34.0 Å². The predicted molar refractivity (Wildman–Crippen MR) is 104 cm³/mol. The van der Waals surface area contributed by atoms with Crippen molar-refractivity contribution in [2.24, 2.45) is 0 Å². The van der Waals surface area contributed by atoms with Crippen molar-refractivity contribution >= 4 is 22.5 Å². The Morgan fingerprint density at radius 2 is 1.89 bits per heavy atom. The lowest BCUT2D eigenvalue weighted by molar-refractivity contribution is 0.395. The van der Waals surface area contributed by atoms with E-state index in [0.717, 1.165) is 33.7 Å². The first-order valence-corrected chi connectivity index (χ1v) is 8.44. The second-order valence-corrected chi connectivity index (χ2v) is 6.05. The molecule has 0 unspecified atom stereocenters. The van der Waals surface area contributed by atoms with Crippen molar-refractivity contribution in [2.45, 2.75) is 6.92 Å². The topological polar surface area (TPSA) is 74.1 Å². The molecule has 1 N–H and O–H groups in total. The molecule has 0 saturated heterocycles. The lowest BCUT2D eigenvalue weighted by atomic mass is 10.2. The van der Waals surface area contributed by atoms with E-state index in [-0.39, 0.29) is 0 Å². The van der Waals surface area contributed by atoms with Crippen molar-refractivity contribution in [1.29, 1.82) is 0 Å². The van der Waals surface area contributed by atoms with Crippen molar-refractivity contribution in [3.8, 4) is 17.2 Å². The molecule has 0 atom stereocenters. The number of ether oxygens (including phenoxy) is 2. The number of nitrogens with zero attached hydrogens (tertiary/aromatic N) is 4. The first-order valence-electron chi connectivity index (χ1n) is 8.44. The summed E-state index contributed by atoms with van der Waals surface area (Å²) in [6, 6.07) is 13.7. The minimum absolute atomic E-state index is 0.655. The minimum atomic E-state index is 0.655. The van der Waals surface area contributed by atoms with Crippen molar-refractivity contribution in [2.75, 3.05) is 19.5 Å². The van der Waals surface area contributed by atoms with Crippen molar-refractivity contribution < 1.29 is 9.47 Å². The van der Waals surface area contributed by atoms with Crippen LogP contribution in [0.4, 0.5) is 11.5 Å². The van der Waals surface area contributed by atoms with E-state index in [1.165, 1.54) is 6.33 Å². The third-order valence-electron chi connectivity index (χ3n) is 4.27. The molecule has 0 bridgehead atoms. The van der Waals surface area contributed by atoms with Crippen LogP contribution in [0.3, 0.4) is 0 Å². The monoisotopic (exact) mass is 361 g/mol. The average molecular weight is 361 g/mol. The molecular formula is C20H19N5O2. The number of benzene rings is 2. The average Bonchev–Trinajstić information content (AvgIpc) is 3.13. The quantitative estimate of drug-likeness (QED) is 0.581. The maximum absolute atomic E-state index is 5.45. The zero-order valence-corrected chi connectivity index (χ0v) is 15.3. The van der Waals surface area contributed by atoms with Gasteiger partial charge in [-0.2, -0.15) is 5.10 Å². The van der Waals surface area contributed by atoms with E-state index < -0.39 is 0 Å². The van der Waals surface area contributed by atoms with Crippen LogP contribution >= 0.6 is 0 Å². The molecule has 2 aromatic carbocycles. The van der Waals surface area contributed by atoms with Gasteiger partial charge in [-0.3, -0.25) is 0 Å². The van der Waals surface area contributed by atoms with Gasteiger partial charge >= 0.3 is 0 Å². The van der Waals surface area contributed by atoms with Crippen LogP contribution in [0.15, 0.2) is 55.0 Å². The largest absolute Gasteiger partial charge is 0.497 e. The van der Waals surface area contributed by atoms with Gasteiger partial charge in [0.1, 0.15) is 23.6 Å². The summed E-state index contributed by atoms with van der Waals surface area (Å²) in [7, 11) is 3.24. The number of methoxy groups -OCH3 is 2. The number of aromatic nitrogens is 4. The molecule has 0 aliphatic heterocycles. The fourth-order valence-corrected chi connectivity index (χ4v) is 2.92. The van der Waals surface area contributed by atoms with Gasteiger partial charge in [0.25, 0.3) is 0 Å². The maximum atomic E-state index is 5.45. The molecule has 2 aromatic heterocycles. The molecule has 2 heterocycles. The van der Waals surface area contributed by atoms with Crippen LogP contribution in [0.25, 0.3) is 16.7 Å². The molecule has 4 aromatic rings. The molecule has 0 aliphatic rings. The van der Waals surface area contributed by atoms with Gasteiger partial charge in [-0.1, -0.05) is 12.1 Å². The standard InChI is InChI=1S/C20H19N5O2/c1-13-5-4-6-14(9-13)25-20-16(11-23-25)19(21-12-22-20)24-17-8-7-15(26-2)10-18(17)27-3/h4-12H,1-3H3,(H,21,22,24). The first-order chi connectivity index (χ1) is 13.2. The smallest absolute Gasteiger partial charge is 0.168 e. The third kappa shape index (κ3) is 3.15. The van der Waals surface area contributed by atoms with Crippen LogP contribution in [-0.2, 0) is 0 Å². The molecule has 7 nitrogen and oxygen atoms in total. The predicted octanol–water partition coefficient (Wildman–Crippen LogP) is 3.88. The summed E-state index contributed by atoms with van der Waals surface area (Å²) >= 11 is 0. The molecule has 0 amide bonds. The molecule has 27 heavy (non-hydrogen) atoms. The Morgan fingerprint density at radius 3 is 2.67 bits per heavy atom. The van der Waals surface area contributed by atoms with E-state index in [9.17, 15) is 0 Å². The number of rotatable bonds is 5. The highest BCUT2D eigenvalue weighted by atomic mass is 16.5. The Kier molecular flexibility index (Phi) is 4.33. The third-order valence-corrected chi connectivity index (χ3v) is 4.27. The maximum Gasteiger partial charge on any atom is 0.168 e. The molecule has 0 radical (unpaired) electrons. The van der Waals surface area contributed by atoms with E-state index in [0.29, 0.717) is 11.6 Å². The number of fused-ring (bicyclic) bond motifs is 1. The second-order valence-electron chi connectivity index (χ2n) is 6.05. The lowest BCUT2D eigenvalue weighted by Crippen LogP contribution is -2.00. The van der Waals surface area contributed by atoms with E-state index in [1.807, 2.05) is 43.3 Å².